The van der Waals surface area contributed by atoms with E-state index in [-0.39, 0.29) is 24.2 Å². The van der Waals surface area contributed by atoms with Gasteiger partial charge in [-0.1, -0.05) is 62.4 Å². The molecule has 7 N–H and O–H groups in total. The fourth-order valence-corrected chi connectivity index (χ4v) is 5.90. The van der Waals surface area contributed by atoms with Gasteiger partial charge in [-0.3, -0.25) is 20.4 Å². The van der Waals surface area contributed by atoms with Crippen molar-refractivity contribution in [2.45, 2.75) is 91.8 Å². The van der Waals surface area contributed by atoms with Gasteiger partial charge in [0.05, 0.1) is 0 Å². The summed E-state index contributed by atoms with van der Waals surface area (Å²) in [5, 5.41) is 38.0. The third-order valence-corrected chi connectivity index (χ3v) is 8.97. The summed E-state index contributed by atoms with van der Waals surface area (Å²) in [4.78, 5) is 63.3. The highest BCUT2D eigenvalue weighted by Gasteiger charge is 2.27. The Balaban J connectivity index is 2.05. The summed E-state index contributed by atoms with van der Waals surface area (Å²) < 4.78 is 10.6. The second-order valence-corrected chi connectivity index (χ2v) is 16.5. The SMILES string of the molecule is CCSC[C@H](NC(=O)OC(C)(C)C)C(=O)NCc1ccc(C(=N)N(C(=N)c2ccc(CNC(=O)[C@H](CSCC)NC(=O)OC(C)(C)C)cc2)C(=O)O)cc1. The summed E-state index contributed by atoms with van der Waals surface area (Å²) in [5.41, 5.74) is 0.319. The lowest BCUT2D eigenvalue weighted by Crippen LogP contribution is -2.49. The number of benzene rings is 2. The lowest BCUT2D eigenvalue weighted by atomic mass is 10.1. The van der Waals surface area contributed by atoms with Crippen LogP contribution in [0.15, 0.2) is 48.5 Å². The predicted octanol–water partition coefficient (Wildman–Crippen LogP) is 5.54. The third-order valence-electron chi connectivity index (χ3n) is 7.02. The Kier molecular flexibility index (Phi) is 17.8. The van der Waals surface area contributed by atoms with E-state index in [2.05, 4.69) is 21.3 Å². The van der Waals surface area contributed by atoms with E-state index in [1.165, 1.54) is 47.8 Å². The molecule has 54 heavy (non-hydrogen) atoms. The van der Waals surface area contributed by atoms with Crippen molar-refractivity contribution in [2.24, 2.45) is 0 Å². The zero-order valence-electron chi connectivity index (χ0n) is 32.1. The van der Waals surface area contributed by atoms with Gasteiger partial charge >= 0.3 is 18.3 Å². The van der Waals surface area contributed by atoms with E-state index in [9.17, 15) is 29.1 Å². The smallest absolute Gasteiger partial charge is 0.418 e. The molecule has 17 heteroatoms. The summed E-state index contributed by atoms with van der Waals surface area (Å²) in [6, 6.07) is 10.9. The van der Waals surface area contributed by atoms with Crippen molar-refractivity contribution in [2.75, 3.05) is 23.0 Å². The van der Waals surface area contributed by atoms with Crippen molar-refractivity contribution in [3.8, 4) is 0 Å². The molecule has 0 unspecified atom stereocenters. The van der Waals surface area contributed by atoms with Crippen molar-refractivity contribution in [3.63, 3.8) is 0 Å². The van der Waals surface area contributed by atoms with E-state index >= 15 is 0 Å². The molecule has 0 aliphatic rings. The number of amidine groups is 2. The minimum atomic E-state index is -1.53. The van der Waals surface area contributed by atoms with Crippen molar-refractivity contribution in [1.82, 2.24) is 26.2 Å². The Labute approximate surface area is 325 Å². The molecule has 0 aromatic heterocycles. The Morgan fingerprint density at radius 1 is 0.667 bits per heavy atom. The van der Waals surface area contributed by atoms with E-state index in [4.69, 9.17) is 20.3 Å². The highest BCUT2D eigenvalue weighted by atomic mass is 32.2. The quantitative estimate of drug-likeness (QED) is 0.0831. The molecule has 0 aliphatic carbocycles. The maximum Gasteiger partial charge on any atom is 0.418 e. The number of ether oxygens (including phenoxy) is 2. The Morgan fingerprint density at radius 3 is 1.28 bits per heavy atom. The maximum atomic E-state index is 12.9. The molecule has 0 fully saturated rings. The highest BCUT2D eigenvalue weighted by molar-refractivity contribution is 7.99. The van der Waals surface area contributed by atoms with Crippen LogP contribution in [0.2, 0.25) is 0 Å². The molecule has 0 heterocycles. The van der Waals surface area contributed by atoms with Crippen LogP contribution in [0.5, 0.6) is 0 Å². The summed E-state index contributed by atoms with van der Waals surface area (Å²) in [5.74, 6) is 0.493. The first kappa shape index (κ1) is 45.4. The molecule has 2 aromatic carbocycles. The second kappa shape index (κ2) is 21.2. The monoisotopic (exact) mass is 787 g/mol. The van der Waals surface area contributed by atoms with Crippen LogP contribution in [0.3, 0.4) is 0 Å². The molecule has 0 aliphatic heterocycles. The van der Waals surface area contributed by atoms with Crippen LogP contribution >= 0.6 is 23.5 Å². The van der Waals surface area contributed by atoms with Crippen molar-refractivity contribution in [1.29, 1.82) is 10.8 Å². The molecule has 296 valence electrons. The lowest BCUT2D eigenvalue weighted by Gasteiger charge is -2.23. The fraction of sp³-hybridized carbons (Fsp3) is 0.486. The van der Waals surface area contributed by atoms with E-state index in [0.29, 0.717) is 27.5 Å². The molecule has 2 aromatic rings. The number of hydrogen-bond donors (Lipinski definition) is 7. The van der Waals surface area contributed by atoms with Crippen molar-refractivity contribution in [3.05, 3.63) is 70.8 Å². The van der Waals surface area contributed by atoms with Crippen LogP contribution in [0.4, 0.5) is 14.4 Å². The average molecular weight is 788 g/mol. The topological polar surface area (TPSA) is 223 Å². The zero-order chi connectivity index (χ0) is 40.6. The summed E-state index contributed by atoms with van der Waals surface area (Å²) >= 11 is 2.98. The molecule has 0 saturated carbocycles. The van der Waals surface area contributed by atoms with E-state index in [1.54, 1.807) is 65.8 Å². The fourth-order valence-electron chi connectivity index (χ4n) is 4.48. The molecule has 0 radical (unpaired) electrons. The second-order valence-electron chi connectivity index (χ2n) is 13.9. The van der Waals surface area contributed by atoms with Gasteiger partial charge in [0.15, 0.2) is 0 Å². The number of amides is 5. The lowest BCUT2D eigenvalue weighted by molar-refractivity contribution is -0.123. The molecule has 2 atom stereocenters. The normalized spacial score (nSPS) is 12.4. The van der Waals surface area contributed by atoms with Crippen LogP contribution in [0.25, 0.3) is 0 Å². The van der Waals surface area contributed by atoms with E-state index < -0.39 is 65.1 Å². The maximum absolute atomic E-state index is 12.9. The van der Waals surface area contributed by atoms with Crippen molar-refractivity contribution >= 4 is 65.3 Å². The van der Waals surface area contributed by atoms with Gasteiger partial charge in [0.25, 0.3) is 0 Å². The first-order chi connectivity index (χ1) is 25.2. The average Bonchev–Trinajstić information content (AvgIpc) is 3.08. The summed E-state index contributed by atoms with van der Waals surface area (Å²) in [6.07, 6.45) is -2.92. The molecular formula is C37H53N7O8S2. The number of hydrogen-bond acceptors (Lipinski definition) is 11. The zero-order valence-corrected chi connectivity index (χ0v) is 33.7. The van der Waals surface area contributed by atoms with Gasteiger partial charge in [0.2, 0.25) is 11.8 Å². The van der Waals surface area contributed by atoms with Crippen LogP contribution < -0.4 is 21.3 Å². The largest absolute Gasteiger partial charge is 0.464 e. The summed E-state index contributed by atoms with van der Waals surface area (Å²) in [7, 11) is 0. The minimum Gasteiger partial charge on any atom is -0.464 e. The number of nitrogens with one attached hydrogen (secondary N) is 6. The number of carbonyl (C=O) groups excluding carboxylic acids is 4. The molecule has 5 amide bonds. The Hall–Kier alpha value is -4.77. The predicted molar refractivity (Wildman–Crippen MR) is 212 cm³/mol. The molecule has 15 nitrogen and oxygen atoms in total. The first-order valence-corrected chi connectivity index (χ1v) is 19.6. The molecule has 0 bridgehead atoms. The van der Waals surface area contributed by atoms with Gasteiger partial charge in [-0.05, 0) is 64.2 Å². The summed E-state index contributed by atoms with van der Waals surface area (Å²) in [6.45, 7) is 14.5. The van der Waals surface area contributed by atoms with Crippen LogP contribution in [0, 0.1) is 10.8 Å². The van der Waals surface area contributed by atoms with Gasteiger partial charge in [-0.2, -0.15) is 23.5 Å². The van der Waals surface area contributed by atoms with Gasteiger partial charge < -0.3 is 35.8 Å². The molecular weight excluding hydrogens is 735 g/mol. The van der Waals surface area contributed by atoms with Gasteiger partial charge in [-0.15, -0.1) is 0 Å². The molecule has 2 rings (SSSR count). The van der Waals surface area contributed by atoms with E-state index in [1.807, 2.05) is 13.8 Å². The highest BCUT2D eigenvalue weighted by Crippen LogP contribution is 2.15. The Morgan fingerprint density at radius 2 is 1.00 bits per heavy atom. The number of alkyl carbamates (subject to hydrolysis) is 2. The van der Waals surface area contributed by atoms with Gasteiger partial charge in [0, 0.05) is 35.7 Å². The number of thioether (sulfide) groups is 2. The van der Waals surface area contributed by atoms with Crippen LogP contribution in [-0.2, 0) is 32.2 Å². The van der Waals surface area contributed by atoms with Gasteiger partial charge in [0.1, 0.15) is 35.0 Å². The molecule has 0 saturated heterocycles. The van der Waals surface area contributed by atoms with Gasteiger partial charge in [-0.25, -0.2) is 19.3 Å². The third kappa shape index (κ3) is 16.1. The van der Waals surface area contributed by atoms with Crippen LogP contribution in [0.1, 0.15) is 77.6 Å². The minimum absolute atomic E-state index is 0.111. The van der Waals surface area contributed by atoms with E-state index in [0.717, 1.165) is 11.5 Å². The number of carboxylic acid groups (broad SMARTS) is 1. The Bertz CT molecular complexity index is 1510. The number of nitrogens with zero attached hydrogens (tertiary/aromatic N) is 1. The number of carbonyl (C=O) groups is 5. The van der Waals surface area contributed by atoms with Crippen LogP contribution in [-0.4, -0.2) is 98.1 Å². The van der Waals surface area contributed by atoms with Crippen molar-refractivity contribution < 1.29 is 38.6 Å². The number of rotatable bonds is 16. The standard InChI is InChI=1S/C37H53N7O8S2/c1-9-53-21-27(42-33(47)51-36(3,4)5)31(45)40-19-23-11-15-25(16-12-23)29(38)44(35(49)50)30(39)26-17-13-24(14-18-26)20-41-32(46)28(22-54-10-2)43-34(48)52-37(6,7)8/h11-18,27-28,38-39H,9-10,19-22H2,1-8H3,(H,40,45)(H,41,46)(H,42,47)(H,43,48)(H,49,50)/t27-,28-/m0/s1. The molecule has 0 spiro atoms. The first-order valence-electron chi connectivity index (χ1n) is 17.3.